The van der Waals surface area contributed by atoms with Crippen LogP contribution in [0.2, 0.25) is 0 Å². The first-order chi connectivity index (χ1) is 11.7. The zero-order valence-corrected chi connectivity index (χ0v) is 14.6. The van der Waals surface area contributed by atoms with Crippen LogP contribution < -0.4 is 10.1 Å². The Morgan fingerprint density at radius 2 is 2.04 bits per heavy atom. The Kier molecular flexibility index (Phi) is 4.25. The molecule has 2 fully saturated rings. The summed E-state index contributed by atoms with van der Waals surface area (Å²) in [4.78, 5) is 15.0. The lowest BCUT2D eigenvalue weighted by molar-refractivity contribution is -0.142. The lowest BCUT2D eigenvalue weighted by Crippen LogP contribution is -2.52. The monoisotopic (exact) mass is 328 g/mol. The van der Waals surface area contributed by atoms with Crippen molar-refractivity contribution in [3.05, 3.63) is 29.3 Å². The highest BCUT2D eigenvalue weighted by Crippen LogP contribution is 2.44. The molecule has 2 heterocycles. The van der Waals surface area contributed by atoms with Gasteiger partial charge in [0.2, 0.25) is 5.91 Å². The first kappa shape index (κ1) is 15.9. The molecule has 0 saturated carbocycles. The maximum absolute atomic E-state index is 12.7. The topological polar surface area (TPSA) is 41.6 Å². The van der Waals surface area contributed by atoms with Crippen LogP contribution in [0.3, 0.4) is 0 Å². The number of amides is 1. The average Bonchev–Trinajstić information content (AvgIpc) is 2.64. The fraction of sp³-hybridized carbons (Fsp3) is 0.650. The number of hydrogen-bond acceptors (Lipinski definition) is 3. The van der Waals surface area contributed by atoms with Gasteiger partial charge in [0.25, 0.3) is 0 Å². The van der Waals surface area contributed by atoms with E-state index in [1.165, 1.54) is 24.0 Å². The van der Waals surface area contributed by atoms with Gasteiger partial charge in [-0.3, -0.25) is 4.79 Å². The Hall–Kier alpha value is -1.55. The molecule has 2 saturated heterocycles. The van der Waals surface area contributed by atoms with Crippen LogP contribution in [0.4, 0.5) is 0 Å². The van der Waals surface area contributed by atoms with Gasteiger partial charge in [-0.1, -0.05) is 6.07 Å². The molecule has 4 rings (SSSR count). The van der Waals surface area contributed by atoms with Crippen molar-refractivity contribution in [3.63, 3.8) is 0 Å². The van der Waals surface area contributed by atoms with E-state index in [1.54, 1.807) is 7.11 Å². The molecular formula is C20H28N2O2. The van der Waals surface area contributed by atoms with Gasteiger partial charge >= 0.3 is 0 Å². The van der Waals surface area contributed by atoms with Gasteiger partial charge in [0.05, 0.1) is 13.2 Å². The molecule has 4 nitrogen and oxygen atoms in total. The number of nitrogens with zero attached hydrogens (tertiary/aromatic N) is 1. The molecule has 3 aliphatic rings. The third-order valence-corrected chi connectivity index (χ3v) is 6.37. The molecule has 1 aromatic rings. The smallest absolute Gasteiger partial charge is 0.223 e. The molecule has 1 spiro atoms. The molecule has 0 aromatic heterocycles. The van der Waals surface area contributed by atoms with E-state index in [0.717, 1.165) is 57.5 Å². The molecule has 1 unspecified atom stereocenters. The summed E-state index contributed by atoms with van der Waals surface area (Å²) in [5, 5.41) is 3.47. The summed E-state index contributed by atoms with van der Waals surface area (Å²) in [6, 6.07) is 6.66. The second kappa shape index (κ2) is 6.40. The second-order valence-corrected chi connectivity index (χ2v) is 7.74. The number of fused-ring (bicyclic) bond motifs is 1. The quantitative estimate of drug-likeness (QED) is 0.907. The molecule has 0 bridgehead atoms. The lowest BCUT2D eigenvalue weighted by atomic mass is 9.71. The van der Waals surface area contributed by atoms with Gasteiger partial charge in [-0.15, -0.1) is 0 Å². The van der Waals surface area contributed by atoms with E-state index in [-0.39, 0.29) is 6.04 Å². The first-order valence-corrected chi connectivity index (χ1v) is 9.38. The van der Waals surface area contributed by atoms with E-state index in [9.17, 15) is 4.79 Å². The van der Waals surface area contributed by atoms with Gasteiger partial charge in [-0.05, 0) is 80.3 Å². The van der Waals surface area contributed by atoms with Gasteiger partial charge in [-0.25, -0.2) is 0 Å². The zero-order chi connectivity index (χ0) is 16.6. The van der Waals surface area contributed by atoms with E-state index in [2.05, 4.69) is 22.3 Å². The van der Waals surface area contributed by atoms with Crippen LogP contribution in [0.25, 0.3) is 0 Å². The van der Waals surface area contributed by atoms with Gasteiger partial charge < -0.3 is 15.0 Å². The summed E-state index contributed by atoms with van der Waals surface area (Å²) in [6.45, 7) is 3.14. The minimum Gasteiger partial charge on any atom is -0.497 e. The van der Waals surface area contributed by atoms with Crippen molar-refractivity contribution in [3.8, 4) is 5.75 Å². The summed E-state index contributed by atoms with van der Waals surface area (Å²) < 4.78 is 5.38. The summed E-state index contributed by atoms with van der Waals surface area (Å²) in [6.07, 6.45) is 7.56. The zero-order valence-electron chi connectivity index (χ0n) is 14.6. The maximum atomic E-state index is 12.7. The van der Waals surface area contributed by atoms with Crippen LogP contribution in [-0.2, 0) is 11.2 Å². The number of likely N-dealkylation sites (tertiary alicyclic amines) is 1. The number of ether oxygens (including phenoxy) is 1. The molecule has 1 aromatic carbocycles. The van der Waals surface area contributed by atoms with E-state index < -0.39 is 0 Å². The molecule has 0 radical (unpaired) electrons. The minimum absolute atomic E-state index is 0.263. The van der Waals surface area contributed by atoms with Crippen molar-refractivity contribution in [2.45, 2.75) is 51.0 Å². The first-order valence-electron chi connectivity index (χ1n) is 9.38. The Bertz CT molecular complexity index is 622. The lowest BCUT2D eigenvalue weighted by Gasteiger charge is -2.48. The fourth-order valence-electron chi connectivity index (χ4n) is 4.91. The number of piperidine rings is 2. The third kappa shape index (κ3) is 2.81. The Morgan fingerprint density at radius 1 is 1.21 bits per heavy atom. The molecule has 1 aliphatic carbocycles. The van der Waals surface area contributed by atoms with E-state index in [4.69, 9.17) is 4.74 Å². The third-order valence-electron chi connectivity index (χ3n) is 6.37. The van der Waals surface area contributed by atoms with Crippen molar-refractivity contribution in [1.29, 1.82) is 0 Å². The SMILES string of the molecule is COc1ccc2c(c1)CCCC2N1CC2(CCNCC2)CCC1=O. The number of benzene rings is 1. The van der Waals surface area contributed by atoms with Crippen molar-refractivity contribution in [2.24, 2.45) is 5.41 Å². The fourth-order valence-corrected chi connectivity index (χ4v) is 4.91. The molecule has 24 heavy (non-hydrogen) atoms. The standard InChI is InChI=1S/C20H28N2O2/c1-24-16-5-6-17-15(13-16)3-2-4-18(17)22-14-20(8-7-19(22)23)9-11-21-12-10-20/h5-6,13,18,21H,2-4,7-12,14H2,1H3. The number of methoxy groups -OCH3 is 1. The Balaban J connectivity index is 1.62. The van der Waals surface area contributed by atoms with Crippen molar-refractivity contribution in [2.75, 3.05) is 26.7 Å². The predicted molar refractivity (Wildman–Crippen MR) is 94.2 cm³/mol. The number of carbonyl (C=O) groups is 1. The highest BCUT2D eigenvalue weighted by Gasteiger charge is 2.42. The molecule has 1 atom stereocenters. The van der Waals surface area contributed by atoms with E-state index in [1.807, 2.05) is 6.07 Å². The van der Waals surface area contributed by atoms with Crippen molar-refractivity contribution < 1.29 is 9.53 Å². The van der Waals surface area contributed by atoms with Gasteiger partial charge in [0.1, 0.15) is 5.75 Å². The summed E-state index contributed by atoms with van der Waals surface area (Å²) in [7, 11) is 1.72. The minimum atomic E-state index is 0.263. The number of nitrogens with one attached hydrogen (secondary N) is 1. The van der Waals surface area contributed by atoms with Gasteiger partial charge in [-0.2, -0.15) is 0 Å². The van der Waals surface area contributed by atoms with Gasteiger partial charge in [0.15, 0.2) is 0 Å². The molecule has 4 heteroatoms. The number of hydrogen-bond donors (Lipinski definition) is 1. The second-order valence-electron chi connectivity index (χ2n) is 7.74. The number of aryl methyl sites for hydroxylation is 1. The van der Waals surface area contributed by atoms with Crippen molar-refractivity contribution >= 4 is 5.91 Å². The molecule has 2 aliphatic heterocycles. The van der Waals surface area contributed by atoms with Crippen LogP contribution in [0, 0.1) is 5.41 Å². The molecular weight excluding hydrogens is 300 g/mol. The van der Waals surface area contributed by atoms with Crippen LogP contribution in [0.15, 0.2) is 18.2 Å². The maximum Gasteiger partial charge on any atom is 0.223 e. The number of rotatable bonds is 2. The largest absolute Gasteiger partial charge is 0.497 e. The Morgan fingerprint density at radius 3 is 2.83 bits per heavy atom. The normalized spacial score (nSPS) is 26.3. The van der Waals surface area contributed by atoms with Crippen LogP contribution in [0.1, 0.15) is 55.7 Å². The van der Waals surface area contributed by atoms with E-state index >= 15 is 0 Å². The molecule has 130 valence electrons. The summed E-state index contributed by atoms with van der Waals surface area (Å²) in [5.41, 5.74) is 3.06. The number of carbonyl (C=O) groups excluding carboxylic acids is 1. The summed E-state index contributed by atoms with van der Waals surface area (Å²) >= 11 is 0. The summed E-state index contributed by atoms with van der Waals surface area (Å²) in [5.74, 6) is 1.28. The van der Waals surface area contributed by atoms with E-state index in [0.29, 0.717) is 11.3 Å². The highest BCUT2D eigenvalue weighted by molar-refractivity contribution is 5.78. The van der Waals surface area contributed by atoms with Crippen LogP contribution in [0.5, 0.6) is 5.75 Å². The Labute approximate surface area is 144 Å². The van der Waals surface area contributed by atoms with Crippen molar-refractivity contribution in [1.82, 2.24) is 10.2 Å². The molecule has 1 N–H and O–H groups in total. The van der Waals surface area contributed by atoms with Crippen LogP contribution in [-0.4, -0.2) is 37.6 Å². The molecule has 1 amide bonds. The van der Waals surface area contributed by atoms with Crippen LogP contribution >= 0.6 is 0 Å². The van der Waals surface area contributed by atoms with Gasteiger partial charge in [0, 0.05) is 13.0 Å². The average molecular weight is 328 g/mol. The predicted octanol–water partition coefficient (Wildman–Crippen LogP) is 3.06. The highest BCUT2D eigenvalue weighted by atomic mass is 16.5.